The minimum atomic E-state index is -1.34. The number of nitrogens with zero attached hydrogens (tertiary/aromatic N) is 2. The predicted molar refractivity (Wildman–Crippen MR) is 91.2 cm³/mol. The van der Waals surface area contributed by atoms with Crippen LogP contribution in [-0.2, 0) is 11.3 Å². The van der Waals surface area contributed by atoms with E-state index in [9.17, 15) is 24.3 Å². The lowest BCUT2D eigenvalue weighted by molar-refractivity contribution is 0.0331. The van der Waals surface area contributed by atoms with Crippen LogP contribution in [0.4, 0.5) is 4.39 Å². The van der Waals surface area contributed by atoms with Crippen LogP contribution in [0.5, 0.6) is 0 Å². The molecule has 1 N–H and O–H groups in total. The van der Waals surface area contributed by atoms with Crippen LogP contribution in [0.2, 0.25) is 0 Å². The molecule has 1 aromatic heterocycles. The van der Waals surface area contributed by atoms with Crippen LogP contribution >= 0.6 is 0 Å². The molecule has 6 nitrogen and oxygen atoms in total. The highest BCUT2D eigenvalue weighted by molar-refractivity contribution is 5.88. The van der Waals surface area contributed by atoms with Crippen molar-refractivity contribution < 1.29 is 19.0 Å². The summed E-state index contributed by atoms with van der Waals surface area (Å²) in [5.41, 5.74) is -1.12. The van der Waals surface area contributed by atoms with Gasteiger partial charge < -0.3 is 14.4 Å². The van der Waals surface area contributed by atoms with E-state index >= 15 is 0 Å². The third-order valence-electron chi connectivity index (χ3n) is 4.64. The van der Waals surface area contributed by atoms with Gasteiger partial charge in [-0.2, -0.15) is 5.26 Å². The smallest absolute Gasteiger partial charge is 0.341 e. The van der Waals surface area contributed by atoms with Crippen LogP contribution in [0, 0.1) is 22.6 Å². The maximum absolute atomic E-state index is 13.2. The first-order valence-corrected chi connectivity index (χ1v) is 8.16. The van der Waals surface area contributed by atoms with Gasteiger partial charge in [0.05, 0.1) is 11.5 Å². The summed E-state index contributed by atoms with van der Waals surface area (Å²) in [4.78, 5) is 24.0. The molecule has 0 amide bonds. The largest absolute Gasteiger partial charge is 0.477 e. The molecule has 1 aliphatic rings. The summed E-state index contributed by atoms with van der Waals surface area (Å²) in [5.74, 6) is -1.79. The van der Waals surface area contributed by atoms with Crippen molar-refractivity contribution in [3.8, 4) is 17.2 Å². The molecule has 0 bridgehead atoms. The normalized spacial score (nSPS) is 16.0. The van der Waals surface area contributed by atoms with Crippen LogP contribution in [0.3, 0.4) is 0 Å². The number of rotatable bonds is 4. The maximum atomic E-state index is 13.2. The summed E-state index contributed by atoms with van der Waals surface area (Å²) in [6.07, 6.45) is 3.84. The van der Waals surface area contributed by atoms with E-state index in [-0.39, 0.29) is 17.7 Å². The van der Waals surface area contributed by atoms with E-state index in [0.29, 0.717) is 31.6 Å². The Morgan fingerprint density at radius 1 is 1.27 bits per heavy atom. The molecule has 26 heavy (non-hydrogen) atoms. The van der Waals surface area contributed by atoms with Crippen molar-refractivity contribution in [3.05, 3.63) is 58.3 Å². The Hall–Kier alpha value is -2.98. The maximum Gasteiger partial charge on any atom is 0.341 e. The highest BCUT2D eigenvalue weighted by Gasteiger charge is 2.33. The van der Waals surface area contributed by atoms with Crippen LogP contribution in [0.1, 0.15) is 23.2 Å². The summed E-state index contributed by atoms with van der Waals surface area (Å²) in [6, 6.07) is 7.59. The minimum Gasteiger partial charge on any atom is -0.477 e. The number of aromatic carboxylic acids is 1. The van der Waals surface area contributed by atoms with E-state index in [4.69, 9.17) is 4.74 Å². The molecule has 0 atom stereocenters. The van der Waals surface area contributed by atoms with Crippen LogP contribution in [0.25, 0.3) is 11.1 Å². The monoisotopic (exact) mass is 356 g/mol. The molecule has 1 fully saturated rings. The summed E-state index contributed by atoms with van der Waals surface area (Å²) >= 11 is 0. The van der Waals surface area contributed by atoms with Gasteiger partial charge in [0.25, 0.3) is 0 Å². The number of halogens is 1. The molecule has 7 heteroatoms. The summed E-state index contributed by atoms with van der Waals surface area (Å²) in [7, 11) is 0. The SMILES string of the molecule is N#CC1(Cn2cc(C(=O)O)c(=O)c(-c3ccc(F)cc3)c2)CCOCC1. The average Bonchev–Trinajstić information content (AvgIpc) is 2.64. The minimum absolute atomic E-state index is 0.157. The molecule has 1 aromatic carbocycles. The fourth-order valence-electron chi connectivity index (χ4n) is 3.13. The van der Waals surface area contributed by atoms with Crippen molar-refractivity contribution >= 4 is 5.97 Å². The van der Waals surface area contributed by atoms with E-state index in [2.05, 4.69) is 6.07 Å². The Balaban J connectivity index is 2.08. The Morgan fingerprint density at radius 3 is 2.50 bits per heavy atom. The molecule has 0 radical (unpaired) electrons. The molecule has 0 spiro atoms. The number of hydrogen-bond acceptors (Lipinski definition) is 4. The third-order valence-corrected chi connectivity index (χ3v) is 4.64. The van der Waals surface area contributed by atoms with Crippen LogP contribution in [-0.4, -0.2) is 28.9 Å². The quantitative estimate of drug-likeness (QED) is 0.909. The number of carboxylic acids is 1. The van der Waals surface area contributed by atoms with Gasteiger partial charge >= 0.3 is 5.97 Å². The van der Waals surface area contributed by atoms with Crippen molar-refractivity contribution in [2.45, 2.75) is 19.4 Å². The Labute approximate surface area is 149 Å². The van der Waals surface area contributed by atoms with Gasteiger partial charge in [-0.15, -0.1) is 0 Å². The van der Waals surface area contributed by atoms with Gasteiger partial charge in [0.15, 0.2) is 0 Å². The Kier molecular flexibility index (Phi) is 4.87. The zero-order valence-electron chi connectivity index (χ0n) is 13.9. The van der Waals surface area contributed by atoms with Gasteiger partial charge in [-0.25, -0.2) is 9.18 Å². The molecular weight excluding hydrogens is 339 g/mol. The fourth-order valence-corrected chi connectivity index (χ4v) is 3.13. The van der Waals surface area contributed by atoms with E-state index in [0.717, 1.165) is 0 Å². The summed E-state index contributed by atoms with van der Waals surface area (Å²) < 4.78 is 20.0. The predicted octanol–water partition coefficient (Wildman–Crippen LogP) is 2.67. The zero-order chi connectivity index (χ0) is 18.7. The number of ether oxygens (including phenoxy) is 1. The van der Waals surface area contributed by atoms with E-state index in [1.807, 2.05) is 0 Å². The zero-order valence-corrected chi connectivity index (χ0v) is 13.9. The fraction of sp³-hybridized carbons (Fsp3) is 0.316. The number of pyridine rings is 1. The van der Waals surface area contributed by atoms with Gasteiger partial charge in [-0.05, 0) is 30.5 Å². The second kappa shape index (κ2) is 7.10. The number of aromatic nitrogens is 1. The molecule has 1 aliphatic heterocycles. The van der Waals surface area contributed by atoms with Crippen LogP contribution < -0.4 is 5.43 Å². The second-order valence-corrected chi connectivity index (χ2v) is 6.40. The average molecular weight is 356 g/mol. The summed E-state index contributed by atoms with van der Waals surface area (Å²) in [5, 5.41) is 19.0. The van der Waals surface area contributed by atoms with Crippen LogP contribution in [0.15, 0.2) is 41.5 Å². The third kappa shape index (κ3) is 3.51. The van der Waals surface area contributed by atoms with Gasteiger partial charge in [-0.1, -0.05) is 12.1 Å². The topological polar surface area (TPSA) is 92.3 Å². The first kappa shape index (κ1) is 17.8. The number of hydrogen-bond donors (Lipinski definition) is 1. The van der Waals surface area contributed by atoms with Gasteiger partial charge in [0.1, 0.15) is 11.4 Å². The van der Waals surface area contributed by atoms with E-state index in [1.165, 1.54) is 36.7 Å². The lowest BCUT2D eigenvalue weighted by Gasteiger charge is -2.31. The van der Waals surface area contributed by atoms with Crippen molar-refractivity contribution in [1.29, 1.82) is 5.26 Å². The van der Waals surface area contributed by atoms with Crippen molar-refractivity contribution in [1.82, 2.24) is 4.57 Å². The highest BCUT2D eigenvalue weighted by atomic mass is 19.1. The lowest BCUT2D eigenvalue weighted by Crippen LogP contribution is -2.33. The van der Waals surface area contributed by atoms with Crippen molar-refractivity contribution in [2.24, 2.45) is 5.41 Å². The Bertz CT molecular complexity index is 922. The molecule has 0 saturated carbocycles. The second-order valence-electron chi connectivity index (χ2n) is 6.40. The molecule has 1 saturated heterocycles. The molecule has 0 aliphatic carbocycles. The molecule has 0 unspecified atom stereocenters. The van der Waals surface area contributed by atoms with E-state index < -0.39 is 22.6 Å². The highest BCUT2D eigenvalue weighted by Crippen LogP contribution is 2.32. The first-order chi connectivity index (χ1) is 12.4. The number of carbonyl (C=O) groups is 1. The van der Waals surface area contributed by atoms with Crippen molar-refractivity contribution in [3.63, 3.8) is 0 Å². The lowest BCUT2D eigenvalue weighted by atomic mass is 9.81. The first-order valence-electron chi connectivity index (χ1n) is 8.16. The van der Waals surface area contributed by atoms with Gasteiger partial charge in [-0.3, -0.25) is 4.79 Å². The molecule has 2 aromatic rings. The van der Waals surface area contributed by atoms with Crippen molar-refractivity contribution in [2.75, 3.05) is 13.2 Å². The Morgan fingerprint density at radius 2 is 1.92 bits per heavy atom. The molecular formula is C19H17FN2O4. The molecule has 134 valence electrons. The standard InChI is InChI=1S/C19H17FN2O4/c20-14-3-1-13(2-4-14)15-9-22(10-16(17(15)23)18(24)25)12-19(11-21)5-7-26-8-6-19/h1-4,9-10H,5-8,12H2,(H,24,25). The number of nitriles is 1. The summed E-state index contributed by atoms with van der Waals surface area (Å²) in [6.45, 7) is 1.18. The van der Waals surface area contributed by atoms with Gasteiger partial charge in [0.2, 0.25) is 5.43 Å². The number of benzene rings is 1. The van der Waals surface area contributed by atoms with E-state index in [1.54, 1.807) is 4.57 Å². The number of carboxylic acid groups (broad SMARTS) is 1. The molecule has 3 rings (SSSR count). The van der Waals surface area contributed by atoms with Gasteiger partial charge in [0, 0.05) is 37.7 Å². The molecule has 2 heterocycles.